The predicted molar refractivity (Wildman–Crippen MR) is 95.1 cm³/mol. The van der Waals surface area contributed by atoms with Gasteiger partial charge in [-0.15, -0.1) is 0 Å². The van der Waals surface area contributed by atoms with E-state index >= 15 is 0 Å². The van der Waals surface area contributed by atoms with Crippen LogP contribution in [0.5, 0.6) is 0 Å². The maximum absolute atomic E-state index is 13.3. The van der Waals surface area contributed by atoms with Gasteiger partial charge in [-0.05, 0) is 73.2 Å². The van der Waals surface area contributed by atoms with Crippen molar-refractivity contribution < 1.29 is 8.78 Å². The van der Waals surface area contributed by atoms with Crippen molar-refractivity contribution in [1.82, 2.24) is 9.97 Å². The van der Waals surface area contributed by atoms with Gasteiger partial charge in [-0.1, -0.05) is 6.07 Å². The maximum atomic E-state index is 13.3. The maximum Gasteiger partial charge on any atom is 0.123 e. The molecule has 0 fully saturated rings. The predicted octanol–water partition coefficient (Wildman–Crippen LogP) is 5.55. The lowest BCUT2D eigenvalue weighted by Gasteiger charge is -2.11. The van der Waals surface area contributed by atoms with Gasteiger partial charge in [0, 0.05) is 11.1 Å². The first kappa shape index (κ1) is 15.4. The highest BCUT2D eigenvalue weighted by molar-refractivity contribution is 5.86. The molecular weight excluding hydrogens is 318 g/mol. The quantitative estimate of drug-likeness (QED) is 0.481. The zero-order valence-electron chi connectivity index (χ0n) is 13.5. The van der Waals surface area contributed by atoms with E-state index in [1.54, 1.807) is 24.3 Å². The molecule has 0 aliphatic rings. The molecule has 25 heavy (non-hydrogen) atoms. The molecule has 4 heteroatoms. The molecule has 3 aromatic carbocycles. The average molecular weight is 332 g/mol. The highest BCUT2D eigenvalue weighted by Crippen LogP contribution is 2.31. The highest BCUT2D eigenvalue weighted by Gasteiger charge is 2.13. The molecular formula is C21H14F2N2. The molecule has 122 valence electrons. The standard InChI is InChI=1S/C21H14F2N2/c1-13-2-11-18-19(12-13)25-21(15-5-9-17(23)10-6-15)20(24-18)14-3-7-16(22)8-4-14/h2-12H,1H3. The van der Waals surface area contributed by atoms with Crippen molar-refractivity contribution in [2.45, 2.75) is 6.92 Å². The van der Waals surface area contributed by atoms with Crippen LogP contribution in [0.1, 0.15) is 5.56 Å². The number of halogens is 2. The fourth-order valence-corrected chi connectivity index (χ4v) is 2.78. The third-order valence-electron chi connectivity index (χ3n) is 4.06. The Hall–Kier alpha value is -3.14. The summed E-state index contributed by atoms with van der Waals surface area (Å²) < 4.78 is 26.6. The van der Waals surface area contributed by atoms with Crippen LogP contribution in [0.3, 0.4) is 0 Å². The van der Waals surface area contributed by atoms with Crippen LogP contribution in [-0.4, -0.2) is 9.97 Å². The number of hydrogen-bond donors (Lipinski definition) is 0. The summed E-state index contributed by atoms with van der Waals surface area (Å²) in [7, 11) is 0. The van der Waals surface area contributed by atoms with Crippen LogP contribution < -0.4 is 0 Å². The second-order valence-corrected chi connectivity index (χ2v) is 5.93. The molecule has 2 nitrogen and oxygen atoms in total. The van der Waals surface area contributed by atoms with Gasteiger partial charge in [-0.25, -0.2) is 18.7 Å². The monoisotopic (exact) mass is 332 g/mol. The summed E-state index contributed by atoms with van der Waals surface area (Å²) in [4.78, 5) is 9.49. The molecule has 0 radical (unpaired) electrons. The zero-order chi connectivity index (χ0) is 17.4. The molecule has 0 unspecified atom stereocenters. The topological polar surface area (TPSA) is 25.8 Å². The number of aromatic nitrogens is 2. The van der Waals surface area contributed by atoms with Gasteiger partial charge >= 0.3 is 0 Å². The fraction of sp³-hybridized carbons (Fsp3) is 0.0476. The van der Waals surface area contributed by atoms with Crippen LogP contribution in [0.2, 0.25) is 0 Å². The summed E-state index contributed by atoms with van der Waals surface area (Å²) in [6.07, 6.45) is 0. The molecule has 0 aliphatic carbocycles. The lowest BCUT2D eigenvalue weighted by molar-refractivity contribution is 0.627. The molecule has 4 aromatic rings. The Balaban J connectivity index is 2.01. The normalized spacial score (nSPS) is 11.0. The fourth-order valence-electron chi connectivity index (χ4n) is 2.78. The Kier molecular flexibility index (Phi) is 3.73. The molecule has 1 aromatic heterocycles. The van der Waals surface area contributed by atoms with Crippen molar-refractivity contribution in [2.24, 2.45) is 0 Å². The largest absolute Gasteiger partial charge is 0.244 e. The Labute approximate surface area is 143 Å². The number of fused-ring (bicyclic) bond motifs is 1. The Morgan fingerprint density at radius 3 is 1.60 bits per heavy atom. The zero-order valence-corrected chi connectivity index (χ0v) is 13.5. The summed E-state index contributed by atoms with van der Waals surface area (Å²) in [5, 5.41) is 0. The summed E-state index contributed by atoms with van der Waals surface area (Å²) in [5.74, 6) is -0.617. The molecule has 0 spiro atoms. The minimum absolute atomic E-state index is 0.309. The van der Waals surface area contributed by atoms with Gasteiger partial charge in [-0.2, -0.15) is 0 Å². The van der Waals surface area contributed by atoms with Gasteiger partial charge in [-0.3, -0.25) is 0 Å². The van der Waals surface area contributed by atoms with E-state index < -0.39 is 0 Å². The molecule has 0 saturated carbocycles. The van der Waals surface area contributed by atoms with Gasteiger partial charge < -0.3 is 0 Å². The smallest absolute Gasteiger partial charge is 0.123 e. The summed E-state index contributed by atoms with van der Waals surface area (Å²) in [5.41, 5.74) is 5.42. The van der Waals surface area contributed by atoms with Crippen molar-refractivity contribution in [1.29, 1.82) is 0 Å². The minimum Gasteiger partial charge on any atom is -0.244 e. The third-order valence-corrected chi connectivity index (χ3v) is 4.06. The van der Waals surface area contributed by atoms with Crippen LogP contribution >= 0.6 is 0 Å². The summed E-state index contributed by atoms with van der Waals surface area (Å²) in [6, 6.07) is 18.1. The minimum atomic E-state index is -0.309. The third kappa shape index (κ3) is 2.98. The van der Waals surface area contributed by atoms with Crippen LogP contribution in [-0.2, 0) is 0 Å². The van der Waals surface area contributed by atoms with Gasteiger partial charge in [0.15, 0.2) is 0 Å². The summed E-state index contributed by atoms with van der Waals surface area (Å²) >= 11 is 0. The molecule has 0 bridgehead atoms. The van der Waals surface area contributed by atoms with E-state index in [1.807, 2.05) is 25.1 Å². The van der Waals surface area contributed by atoms with Gasteiger partial charge in [0.25, 0.3) is 0 Å². The van der Waals surface area contributed by atoms with Gasteiger partial charge in [0.2, 0.25) is 0 Å². The van der Waals surface area contributed by atoms with E-state index in [1.165, 1.54) is 24.3 Å². The van der Waals surface area contributed by atoms with E-state index in [-0.39, 0.29) is 11.6 Å². The number of aryl methyl sites for hydroxylation is 1. The number of hydrogen-bond acceptors (Lipinski definition) is 2. The Morgan fingerprint density at radius 2 is 1.08 bits per heavy atom. The lowest BCUT2D eigenvalue weighted by atomic mass is 10.0. The van der Waals surface area contributed by atoms with Crippen LogP contribution in [0.25, 0.3) is 33.5 Å². The first-order valence-corrected chi connectivity index (χ1v) is 7.90. The molecule has 0 saturated heterocycles. The van der Waals surface area contributed by atoms with Gasteiger partial charge in [0.1, 0.15) is 11.6 Å². The van der Waals surface area contributed by atoms with E-state index in [2.05, 4.69) is 0 Å². The SMILES string of the molecule is Cc1ccc2nc(-c3ccc(F)cc3)c(-c3ccc(F)cc3)nc2c1. The number of rotatable bonds is 2. The molecule has 0 aliphatic heterocycles. The molecule has 0 N–H and O–H groups in total. The highest BCUT2D eigenvalue weighted by atomic mass is 19.1. The van der Waals surface area contributed by atoms with E-state index in [9.17, 15) is 8.78 Å². The Bertz CT molecular complexity index is 1060. The number of benzene rings is 3. The molecule has 1 heterocycles. The second-order valence-electron chi connectivity index (χ2n) is 5.93. The van der Waals surface area contributed by atoms with E-state index in [4.69, 9.17) is 9.97 Å². The number of nitrogens with zero attached hydrogens (tertiary/aromatic N) is 2. The summed E-state index contributed by atoms with van der Waals surface area (Å²) in [6.45, 7) is 1.99. The van der Waals surface area contributed by atoms with Crippen molar-refractivity contribution in [3.8, 4) is 22.5 Å². The van der Waals surface area contributed by atoms with Crippen molar-refractivity contribution in [2.75, 3.05) is 0 Å². The first-order valence-electron chi connectivity index (χ1n) is 7.90. The first-order chi connectivity index (χ1) is 12.1. The Morgan fingerprint density at radius 1 is 0.600 bits per heavy atom. The van der Waals surface area contributed by atoms with Crippen LogP contribution in [0.4, 0.5) is 8.78 Å². The van der Waals surface area contributed by atoms with Crippen molar-refractivity contribution in [3.63, 3.8) is 0 Å². The second kappa shape index (κ2) is 6.06. The van der Waals surface area contributed by atoms with Crippen LogP contribution in [0.15, 0.2) is 66.7 Å². The van der Waals surface area contributed by atoms with Crippen molar-refractivity contribution in [3.05, 3.63) is 83.9 Å². The van der Waals surface area contributed by atoms with Crippen LogP contribution in [0, 0.1) is 18.6 Å². The van der Waals surface area contributed by atoms with Crippen molar-refractivity contribution >= 4 is 11.0 Å². The molecule has 0 amide bonds. The van der Waals surface area contributed by atoms with E-state index in [0.717, 1.165) is 27.7 Å². The average Bonchev–Trinajstić information content (AvgIpc) is 2.62. The molecule has 4 rings (SSSR count). The lowest BCUT2D eigenvalue weighted by Crippen LogP contribution is -1.96. The van der Waals surface area contributed by atoms with Gasteiger partial charge in [0.05, 0.1) is 22.4 Å². The van der Waals surface area contributed by atoms with E-state index in [0.29, 0.717) is 11.4 Å². The molecule has 0 atom stereocenters.